The molecule has 1 aliphatic rings. The lowest BCUT2D eigenvalue weighted by Crippen LogP contribution is -2.42. The Morgan fingerprint density at radius 3 is 2.36 bits per heavy atom. The molecule has 1 aromatic rings. The SMILES string of the molecule is CC(C)CC(=O)NC(C(=O)NCCCN1CC(C)CC(C)C1)c1ccccc1. The first-order chi connectivity index (χ1) is 13.3. The lowest BCUT2D eigenvalue weighted by Gasteiger charge is -2.35. The van der Waals surface area contributed by atoms with E-state index in [1.54, 1.807) is 0 Å². The van der Waals surface area contributed by atoms with E-state index in [1.807, 2.05) is 44.2 Å². The maximum absolute atomic E-state index is 12.8. The van der Waals surface area contributed by atoms with Gasteiger partial charge < -0.3 is 15.5 Å². The average molecular weight is 388 g/mol. The quantitative estimate of drug-likeness (QED) is 0.639. The van der Waals surface area contributed by atoms with Crippen molar-refractivity contribution in [1.29, 1.82) is 0 Å². The first-order valence-corrected chi connectivity index (χ1v) is 10.7. The van der Waals surface area contributed by atoms with Crippen LogP contribution in [0.15, 0.2) is 30.3 Å². The fourth-order valence-corrected chi connectivity index (χ4v) is 4.13. The Hall–Kier alpha value is -1.88. The molecule has 0 saturated carbocycles. The van der Waals surface area contributed by atoms with Gasteiger partial charge in [0, 0.05) is 26.1 Å². The second-order valence-electron chi connectivity index (χ2n) is 8.86. The molecule has 0 aliphatic carbocycles. The Labute approximate surface area is 170 Å². The van der Waals surface area contributed by atoms with Crippen LogP contribution in [-0.2, 0) is 9.59 Å². The van der Waals surface area contributed by atoms with Gasteiger partial charge in [-0.15, -0.1) is 0 Å². The second-order valence-corrected chi connectivity index (χ2v) is 8.86. The van der Waals surface area contributed by atoms with Crippen LogP contribution >= 0.6 is 0 Å². The van der Waals surface area contributed by atoms with E-state index in [4.69, 9.17) is 0 Å². The van der Waals surface area contributed by atoms with Gasteiger partial charge in [0.25, 0.3) is 0 Å². The van der Waals surface area contributed by atoms with Crippen molar-refractivity contribution < 1.29 is 9.59 Å². The number of hydrogen-bond acceptors (Lipinski definition) is 3. The highest BCUT2D eigenvalue weighted by Crippen LogP contribution is 2.20. The largest absolute Gasteiger partial charge is 0.354 e. The van der Waals surface area contributed by atoms with Gasteiger partial charge in [-0.2, -0.15) is 0 Å². The Morgan fingerprint density at radius 2 is 1.75 bits per heavy atom. The minimum atomic E-state index is -0.637. The molecule has 2 amide bonds. The minimum Gasteiger partial charge on any atom is -0.354 e. The molecular weight excluding hydrogens is 350 g/mol. The van der Waals surface area contributed by atoms with Crippen LogP contribution in [-0.4, -0.2) is 42.9 Å². The van der Waals surface area contributed by atoms with Crippen molar-refractivity contribution in [1.82, 2.24) is 15.5 Å². The summed E-state index contributed by atoms with van der Waals surface area (Å²) in [6, 6.07) is 8.83. The van der Waals surface area contributed by atoms with Crippen molar-refractivity contribution in [3.05, 3.63) is 35.9 Å². The zero-order valence-corrected chi connectivity index (χ0v) is 17.9. The van der Waals surface area contributed by atoms with E-state index in [0.717, 1.165) is 43.5 Å². The molecule has 1 aliphatic heterocycles. The smallest absolute Gasteiger partial charge is 0.247 e. The molecule has 156 valence electrons. The molecule has 5 nitrogen and oxygen atoms in total. The Bertz CT molecular complexity index is 608. The third-order valence-corrected chi connectivity index (χ3v) is 5.19. The fraction of sp³-hybridized carbons (Fsp3) is 0.652. The third-order valence-electron chi connectivity index (χ3n) is 5.19. The molecule has 2 N–H and O–H groups in total. The van der Waals surface area contributed by atoms with E-state index >= 15 is 0 Å². The number of benzene rings is 1. The van der Waals surface area contributed by atoms with Gasteiger partial charge in [-0.3, -0.25) is 9.59 Å². The number of nitrogens with one attached hydrogen (secondary N) is 2. The summed E-state index contributed by atoms with van der Waals surface area (Å²) in [7, 11) is 0. The van der Waals surface area contributed by atoms with Crippen LogP contribution in [0.1, 0.15) is 58.6 Å². The van der Waals surface area contributed by atoms with Crippen LogP contribution in [0.4, 0.5) is 0 Å². The highest BCUT2D eigenvalue weighted by atomic mass is 16.2. The molecule has 0 aromatic heterocycles. The molecular formula is C23H37N3O2. The Kier molecular flexibility index (Phi) is 8.97. The van der Waals surface area contributed by atoms with Crippen LogP contribution in [0.25, 0.3) is 0 Å². The first-order valence-electron chi connectivity index (χ1n) is 10.7. The molecule has 1 aromatic carbocycles. The lowest BCUT2D eigenvalue weighted by molar-refractivity contribution is -0.129. The van der Waals surface area contributed by atoms with Gasteiger partial charge in [0.2, 0.25) is 11.8 Å². The molecule has 28 heavy (non-hydrogen) atoms. The second kappa shape index (κ2) is 11.2. The summed E-state index contributed by atoms with van der Waals surface area (Å²) < 4.78 is 0. The van der Waals surface area contributed by atoms with E-state index in [2.05, 4.69) is 29.4 Å². The third kappa shape index (κ3) is 7.63. The number of carbonyl (C=O) groups excluding carboxylic acids is 2. The zero-order chi connectivity index (χ0) is 20.5. The van der Waals surface area contributed by atoms with E-state index < -0.39 is 6.04 Å². The van der Waals surface area contributed by atoms with Crippen molar-refractivity contribution in [2.45, 2.75) is 53.0 Å². The van der Waals surface area contributed by atoms with Crippen LogP contribution in [0, 0.1) is 17.8 Å². The van der Waals surface area contributed by atoms with Gasteiger partial charge in [0.05, 0.1) is 0 Å². The summed E-state index contributed by atoms with van der Waals surface area (Å²) in [5.41, 5.74) is 0.816. The maximum Gasteiger partial charge on any atom is 0.247 e. The van der Waals surface area contributed by atoms with Gasteiger partial charge >= 0.3 is 0 Å². The molecule has 3 atom stereocenters. The topological polar surface area (TPSA) is 61.4 Å². The van der Waals surface area contributed by atoms with Gasteiger partial charge in [0.15, 0.2) is 0 Å². The molecule has 0 spiro atoms. The molecule has 0 radical (unpaired) electrons. The van der Waals surface area contributed by atoms with Crippen molar-refractivity contribution in [3.63, 3.8) is 0 Å². The summed E-state index contributed by atoms with van der Waals surface area (Å²) in [6.07, 6.45) is 2.65. The molecule has 1 heterocycles. The number of likely N-dealkylation sites (tertiary alicyclic amines) is 1. The Balaban J connectivity index is 1.85. The van der Waals surface area contributed by atoms with Gasteiger partial charge in [-0.25, -0.2) is 0 Å². The number of amides is 2. The normalized spacial score (nSPS) is 21.3. The van der Waals surface area contributed by atoms with Crippen LogP contribution in [0.5, 0.6) is 0 Å². The van der Waals surface area contributed by atoms with Gasteiger partial charge in [-0.1, -0.05) is 58.0 Å². The van der Waals surface area contributed by atoms with Gasteiger partial charge in [-0.05, 0) is 42.7 Å². The molecule has 3 unspecified atom stereocenters. The highest BCUT2D eigenvalue weighted by molar-refractivity contribution is 5.88. The zero-order valence-electron chi connectivity index (χ0n) is 17.9. The number of rotatable bonds is 9. The maximum atomic E-state index is 12.8. The Morgan fingerprint density at radius 1 is 1.11 bits per heavy atom. The molecule has 2 rings (SSSR count). The molecule has 1 saturated heterocycles. The highest BCUT2D eigenvalue weighted by Gasteiger charge is 2.23. The first kappa shape index (κ1) is 22.4. The number of carbonyl (C=O) groups is 2. The van der Waals surface area contributed by atoms with Crippen molar-refractivity contribution in [2.75, 3.05) is 26.2 Å². The number of hydrogen-bond donors (Lipinski definition) is 2. The predicted molar refractivity (Wildman–Crippen MR) is 114 cm³/mol. The summed E-state index contributed by atoms with van der Waals surface area (Å²) >= 11 is 0. The van der Waals surface area contributed by atoms with Crippen molar-refractivity contribution in [3.8, 4) is 0 Å². The predicted octanol–water partition coefficient (Wildman–Crippen LogP) is 3.37. The molecule has 1 fully saturated rings. The minimum absolute atomic E-state index is 0.0877. The summed E-state index contributed by atoms with van der Waals surface area (Å²) in [4.78, 5) is 27.5. The van der Waals surface area contributed by atoms with E-state index in [1.165, 1.54) is 6.42 Å². The van der Waals surface area contributed by atoms with E-state index in [0.29, 0.717) is 13.0 Å². The van der Waals surface area contributed by atoms with Crippen molar-refractivity contribution >= 4 is 11.8 Å². The molecule has 0 bridgehead atoms. The number of nitrogens with zero attached hydrogens (tertiary/aromatic N) is 1. The van der Waals surface area contributed by atoms with E-state index in [-0.39, 0.29) is 17.7 Å². The fourth-order valence-electron chi connectivity index (χ4n) is 4.13. The average Bonchev–Trinajstić information content (AvgIpc) is 2.62. The number of piperidine rings is 1. The summed E-state index contributed by atoms with van der Waals surface area (Å²) in [5.74, 6) is 1.53. The molecule has 5 heteroatoms. The van der Waals surface area contributed by atoms with Crippen molar-refractivity contribution in [2.24, 2.45) is 17.8 Å². The van der Waals surface area contributed by atoms with Crippen LogP contribution < -0.4 is 10.6 Å². The summed E-state index contributed by atoms with van der Waals surface area (Å²) in [6.45, 7) is 12.6. The lowest BCUT2D eigenvalue weighted by atomic mass is 9.92. The van der Waals surface area contributed by atoms with Crippen LogP contribution in [0.2, 0.25) is 0 Å². The van der Waals surface area contributed by atoms with Crippen LogP contribution in [0.3, 0.4) is 0 Å². The van der Waals surface area contributed by atoms with Gasteiger partial charge in [0.1, 0.15) is 6.04 Å². The monoisotopic (exact) mass is 387 g/mol. The standard InChI is InChI=1S/C23H37N3O2/c1-17(2)13-21(27)25-22(20-9-6-5-7-10-20)23(28)24-11-8-12-26-15-18(3)14-19(4)16-26/h5-7,9-10,17-19,22H,8,11-16H2,1-4H3,(H,24,28)(H,25,27). The summed E-state index contributed by atoms with van der Waals surface area (Å²) in [5, 5.41) is 5.93. The van der Waals surface area contributed by atoms with E-state index in [9.17, 15) is 9.59 Å².